The molecule has 0 unspecified atom stereocenters. The largest absolute Gasteiger partial charge is 0.496 e. The third-order valence-corrected chi connectivity index (χ3v) is 5.21. The molecule has 0 spiro atoms. The average molecular weight is 356 g/mol. The lowest BCUT2D eigenvalue weighted by Crippen LogP contribution is -2.46. The van der Waals surface area contributed by atoms with Crippen molar-refractivity contribution in [2.45, 2.75) is 26.7 Å². The molecule has 4 heteroatoms. The molecule has 1 aliphatic rings. The molecule has 2 aromatic carbocycles. The van der Waals surface area contributed by atoms with Gasteiger partial charge in [-0.2, -0.15) is 0 Å². The zero-order valence-electron chi connectivity index (χ0n) is 16.1. The number of methoxy groups -OCH3 is 1. The SMILES string of the molecule is CCCc1cc(N2CCN(CC)CC2)cc(-c2ccc(F)cc2)c1OC. The molecule has 0 radical (unpaired) electrons. The Kier molecular flexibility index (Phi) is 6.15. The lowest BCUT2D eigenvalue weighted by molar-refractivity contribution is 0.271. The molecular weight excluding hydrogens is 327 g/mol. The van der Waals surface area contributed by atoms with Gasteiger partial charge in [-0.3, -0.25) is 0 Å². The maximum absolute atomic E-state index is 13.4. The predicted molar refractivity (Wildman–Crippen MR) is 107 cm³/mol. The van der Waals surface area contributed by atoms with Crippen LogP contribution in [0.5, 0.6) is 5.75 Å². The van der Waals surface area contributed by atoms with Crippen molar-refractivity contribution in [1.29, 1.82) is 0 Å². The van der Waals surface area contributed by atoms with Crippen LogP contribution in [0.1, 0.15) is 25.8 Å². The maximum Gasteiger partial charge on any atom is 0.130 e. The summed E-state index contributed by atoms with van der Waals surface area (Å²) in [6.45, 7) is 9.77. The molecule has 0 N–H and O–H groups in total. The fourth-order valence-corrected chi connectivity index (χ4v) is 3.72. The van der Waals surface area contributed by atoms with E-state index in [0.29, 0.717) is 0 Å². The minimum Gasteiger partial charge on any atom is -0.496 e. The lowest BCUT2D eigenvalue weighted by atomic mass is 9.97. The van der Waals surface area contributed by atoms with E-state index < -0.39 is 0 Å². The molecule has 2 aromatic rings. The van der Waals surface area contributed by atoms with E-state index in [-0.39, 0.29) is 5.82 Å². The van der Waals surface area contributed by atoms with E-state index in [1.54, 1.807) is 7.11 Å². The number of aryl methyl sites for hydroxylation is 1. The zero-order chi connectivity index (χ0) is 18.5. The average Bonchev–Trinajstić information content (AvgIpc) is 2.68. The summed E-state index contributed by atoms with van der Waals surface area (Å²) in [5.41, 5.74) is 4.51. The van der Waals surface area contributed by atoms with Crippen LogP contribution in [0.4, 0.5) is 10.1 Å². The zero-order valence-corrected chi connectivity index (χ0v) is 16.1. The quantitative estimate of drug-likeness (QED) is 0.752. The first-order valence-electron chi connectivity index (χ1n) is 9.60. The molecule has 0 amide bonds. The van der Waals surface area contributed by atoms with E-state index in [4.69, 9.17) is 4.74 Å². The number of hydrogen-bond acceptors (Lipinski definition) is 3. The van der Waals surface area contributed by atoms with Crippen LogP contribution in [0.15, 0.2) is 36.4 Å². The molecule has 3 rings (SSSR count). The number of nitrogens with zero attached hydrogens (tertiary/aromatic N) is 2. The highest BCUT2D eigenvalue weighted by Crippen LogP contribution is 2.38. The van der Waals surface area contributed by atoms with Gasteiger partial charge in [0, 0.05) is 37.4 Å². The maximum atomic E-state index is 13.4. The molecule has 1 fully saturated rings. The van der Waals surface area contributed by atoms with E-state index in [1.807, 2.05) is 12.1 Å². The number of anilines is 1. The third kappa shape index (κ3) is 4.01. The molecular formula is C22H29FN2O. The molecule has 0 bridgehead atoms. The Morgan fingerprint density at radius 1 is 1.00 bits per heavy atom. The molecule has 1 saturated heterocycles. The van der Waals surface area contributed by atoms with E-state index in [0.717, 1.165) is 62.4 Å². The van der Waals surface area contributed by atoms with Gasteiger partial charge in [0.25, 0.3) is 0 Å². The summed E-state index contributed by atoms with van der Waals surface area (Å²) in [6, 6.07) is 11.2. The van der Waals surface area contributed by atoms with E-state index in [2.05, 4.69) is 35.8 Å². The Balaban J connectivity index is 2.01. The van der Waals surface area contributed by atoms with Crippen LogP contribution >= 0.6 is 0 Å². The van der Waals surface area contributed by atoms with Crippen molar-refractivity contribution in [2.24, 2.45) is 0 Å². The summed E-state index contributed by atoms with van der Waals surface area (Å²) in [4.78, 5) is 4.94. The topological polar surface area (TPSA) is 15.7 Å². The smallest absolute Gasteiger partial charge is 0.130 e. The van der Waals surface area contributed by atoms with Crippen molar-refractivity contribution < 1.29 is 9.13 Å². The van der Waals surface area contributed by atoms with Crippen LogP contribution in [-0.4, -0.2) is 44.7 Å². The summed E-state index contributed by atoms with van der Waals surface area (Å²) in [7, 11) is 1.72. The number of benzene rings is 2. The molecule has 3 nitrogen and oxygen atoms in total. The first-order valence-corrected chi connectivity index (χ1v) is 9.60. The van der Waals surface area contributed by atoms with Crippen molar-refractivity contribution >= 4 is 5.69 Å². The van der Waals surface area contributed by atoms with Gasteiger partial charge in [-0.25, -0.2) is 4.39 Å². The minimum absolute atomic E-state index is 0.214. The van der Waals surface area contributed by atoms with Gasteiger partial charge in [0.05, 0.1) is 7.11 Å². The Hall–Kier alpha value is -2.07. The van der Waals surface area contributed by atoms with Gasteiger partial charge in [-0.05, 0) is 48.4 Å². The van der Waals surface area contributed by atoms with Gasteiger partial charge in [0.1, 0.15) is 11.6 Å². The second kappa shape index (κ2) is 8.54. The molecule has 0 saturated carbocycles. The molecule has 0 aliphatic carbocycles. The monoisotopic (exact) mass is 356 g/mol. The molecule has 1 aliphatic heterocycles. The standard InChI is InChI=1S/C22H29FN2O/c1-4-6-18-15-20(25-13-11-24(5-2)12-14-25)16-21(22(18)26-3)17-7-9-19(23)10-8-17/h7-10,15-16H,4-6,11-14H2,1-3H3. The molecule has 0 aromatic heterocycles. The first kappa shape index (κ1) is 18.7. The summed E-state index contributed by atoms with van der Waals surface area (Å²) in [5, 5.41) is 0. The summed E-state index contributed by atoms with van der Waals surface area (Å²) < 4.78 is 19.2. The van der Waals surface area contributed by atoms with Crippen molar-refractivity contribution in [1.82, 2.24) is 4.90 Å². The van der Waals surface area contributed by atoms with Gasteiger partial charge in [0.2, 0.25) is 0 Å². The number of piperazine rings is 1. The molecule has 26 heavy (non-hydrogen) atoms. The van der Waals surface area contributed by atoms with Crippen LogP contribution in [0.3, 0.4) is 0 Å². The number of ether oxygens (including phenoxy) is 1. The second-order valence-corrected chi connectivity index (χ2v) is 6.86. The highest BCUT2D eigenvalue weighted by atomic mass is 19.1. The van der Waals surface area contributed by atoms with E-state index in [1.165, 1.54) is 23.4 Å². The van der Waals surface area contributed by atoms with Crippen LogP contribution in [0, 0.1) is 5.82 Å². The highest BCUT2D eigenvalue weighted by Gasteiger charge is 2.20. The van der Waals surface area contributed by atoms with Gasteiger partial charge in [-0.15, -0.1) is 0 Å². The van der Waals surface area contributed by atoms with Gasteiger partial charge in [0.15, 0.2) is 0 Å². The Bertz CT molecular complexity index is 722. The Morgan fingerprint density at radius 3 is 2.27 bits per heavy atom. The number of hydrogen-bond donors (Lipinski definition) is 0. The fourth-order valence-electron chi connectivity index (χ4n) is 3.72. The molecule has 0 atom stereocenters. The van der Waals surface area contributed by atoms with E-state index >= 15 is 0 Å². The number of rotatable bonds is 6. The summed E-state index contributed by atoms with van der Waals surface area (Å²) in [6.07, 6.45) is 2.03. The van der Waals surface area contributed by atoms with Gasteiger partial charge in [-0.1, -0.05) is 32.4 Å². The molecule has 1 heterocycles. The lowest BCUT2D eigenvalue weighted by Gasteiger charge is -2.36. The van der Waals surface area contributed by atoms with Crippen molar-refractivity contribution in [3.63, 3.8) is 0 Å². The van der Waals surface area contributed by atoms with Gasteiger partial charge < -0.3 is 14.5 Å². The fraction of sp³-hybridized carbons (Fsp3) is 0.455. The Labute approximate surface area is 156 Å². The van der Waals surface area contributed by atoms with Crippen molar-refractivity contribution in [2.75, 3.05) is 44.7 Å². The minimum atomic E-state index is -0.214. The summed E-state index contributed by atoms with van der Waals surface area (Å²) >= 11 is 0. The third-order valence-electron chi connectivity index (χ3n) is 5.21. The van der Waals surface area contributed by atoms with Crippen LogP contribution in [0.25, 0.3) is 11.1 Å². The number of halogens is 1. The summed E-state index contributed by atoms with van der Waals surface area (Å²) in [5.74, 6) is 0.697. The van der Waals surface area contributed by atoms with Crippen LogP contribution in [0.2, 0.25) is 0 Å². The van der Waals surface area contributed by atoms with E-state index in [9.17, 15) is 4.39 Å². The van der Waals surface area contributed by atoms with Crippen molar-refractivity contribution in [3.8, 4) is 16.9 Å². The number of likely N-dealkylation sites (N-methyl/N-ethyl adjacent to an activating group) is 1. The van der Waals surface area contributed by atoms with Gasteiger partial charge >= 0.3 is 0 Å². The highest BCUT2D eigenvalue weighted by molar-refractivity contribution is 5.77. The second-order valence-electron chi connectivity index (χ2n) is 6.86. The first-order chi connectivity index (χ1) is 12.7. The predicted octanol–water partition coefficient (Wildman–Crippen LogP) is 4.60. The van der Waals surface area contributed by atoms with Crippen molar-refractivity contribution in [3.05, 3.63) is 47.8 Å². The van der Waals surface area contributed by atoms with Crippen LogP contribution < -0.4 is 9.64 Å². The Morgan fingerprint density at radius 2 is 1.69 bits per heavy atom. The normalized spacial score (nSPS) is 15.3. The molecule has 140 valence electrons. The van der Waals surface area contributed by atoms with Crippen LogP contribution in [-0.2, 0) is 6.42 Å².